The molecule has 0 aromatic heterocycles. The highest BCUT2D eigenvalue weighted by molar-refractivity contribution is 7.80. The normalized spacial score (nSPS) is 10.9. The highest BCUT2D eigenvalue weighted by Gasteiger charge is 1.94. The number of nitrogens with two attached hydrogens (primary N) is 1. The molecule has 0 rings (SSSR count). The molecule has 2 N–H and O–H groups in total. The molecule has 0 atom stereocenters. The third-order valence-corrected chi connectivity index (χ3v) is 0.971. The fraction of sp³-hybridized carbons (Fsp3) is 0.667. The van der Waals surface area contributed by atoms with E-state index < -0.39 is 0 Å². The van der Waals surface area contributed by atoms with E-state index in [2.05, 4.69) is 17.2 Å². The lowest BCUT2D eigenvalue weighted by molar-refractivity contribution is 0.312. The molecule has 0 aromatic carbocycles. The number of hydrogen-bond donors (Lipinski definition) is 1. The minimum absolute atomic E-state index is 0.0472. The monoisotopic (exact) mass is 176 g/mol. The Bertz CT molecular complexity index is 159. The van der Waals surface area contributed by atoms with Gasteiger partial charge in [-0.1, -0.05) is 0 Å². The maximum absolute atomic E-state index is 5.28. The van der Waals surface area contributed by atoms with Crippen molar-refractivity contribution in [3.63, 3.8) is 0 Å². The average Bonchev–Trinajstić information content (AvgIpc) is 1.87. The standard InChI is InChI=1S/C6H12N2O2S/c1-3-9-5(7)8-6(11)10-4-2/h3-4H2,1-2H3,(H2,7,8,11). The van der Waals surface area contributed by atoms with E-state index in [1.165, 1.54) is 0 Å². The van der Waals surface area contributed by atoms with Crippen LogP contribution in [0.2, 0.25) is 0 Å². The van der Waals surface area contributed by atoms with E-state index >= 15 is 0 Å². The SMILES string of the molecule is CCOC(=S)/N=C(\N)OCC. The summed E-state index contributed by atoms with van der Waals surface area (Å²) in [6, 6.07) is 0.0472. The molecular formula is C6H12N2O2S. The number of nitrogens with zero attached hydrogens (tertiary/aromatic N) is 1. The van der Waals surface area contributed by atoms with Crippen molar-refractivity contribution in [1.82, 2.24) is 0 Å². The molecule has 0 spiro atoms. The Morgan fingerprint density at radius 1 is 1.36 bits per heavy atom. The van der Waals surface area contributed by atoms with E-state index in [-0.39, 0.29) is 11.2 Å². The molecule has 0 fully saturated rings. The maximum Gasteiger partial charge on any atom is 0.290 e. The van der Waals surface area contributed by atoms with Crippen molar-refractivity contribution in [2.24, 2.45) is 10.7 Å². The summed E-state index contributed by atoms with van der Waals surface area (Å²) in [7, 11) is 0. The zero-order valence-corrected chi connectivity index (χ0v) is 7.48. The zero-order chi connectivity index (χ0) is 8.69. The summed E-state index contributed by atoms with van der Waals surface area (Å²) in [5.41, 5.74) is 5.28. The Balaban J connectivity index is 3.76. The van der Waals surface area contributed by atoms with Gasteiger partial charge in [0.1, 0.15) is 0 Å². The molecule has 0 unspecified atom stereocenters. The van der Waals surface area contributed by atoms with Gasteiger partial charge in [0.25, 0.3) is 11.2 Å². The van der Waals surface area contributed by atoms with Crippen molar-refractivity contribution in [1.29, 1.82) is 0 Å². The zero-order valence-electron chi connectivity index (χ0n) is 6.66. The molecule has 0 radical (unpaired) electrons. The second-order valence-electron chi connectivity index (χ2n) is 1.58. The van der Waals surface area contributed by atoms with Gasteiger partial charge in [0.05, 0.1) is 13.2 Å². The predicted molar refractivity (Wildman–Crippen MR) is 47.5 cm³/mol. The van der Waals surface area contributed by atoms with E-state index in [0.717, 1.165) is 0 Å². The van der Waals surface area contributed by atoms with Gasteiger partial charge in [0.15, 0.2) is 0 Å². The summed E-state index contributed by atoms with van der Waals surface area (Å²) >= 11 is 4.67. The minimum Gasteiger partial charge on any atom is -0.470 e. The molecule has 0 bridgehead atoms. The molecule has 0 aliphatic carbocycles. The van der Waals surface area contributed by atoms with Crippen molar-refractivity contribution in [2.45, 2.75) is 13.8 Å². The average molecular weight is 176 g/mol. The maximum atomic E-state index is 5.28. The van der Waals surface area contributed by atoms with Crippen LogP contribution in [0.4, 0.5) is 0 Å². The summed E-state index contributed by atoms with van der Waals surface area (Å²) in [5.74, 6) is 0. The molecule has 0 aliphatic rings. The molecule has 0 aliphatic heterocycles. The minimum atomic E-state index is 0.0472. The van der Waals surface area contributed by atoms with Crippen molar-refractivity contribution < 1.29 is 9.47 Å². The van der Waals surface area contributed by atoms with Crippen molar-refractivity contribution >= 4 is 23.4 Å². The lowest BCUT2D eigenvalue weighted by Crippen LogP contribution is -2.18. The lowest BCUT2D eigenvalue weighted by Gasteiger charge is -2.01. The lowest BCUT2D eigenvalue weighted by atomic mass is 10.8. The Hall–Kier alpha value is -0.840. The molecule has 64 valence electrons. The number of thiocarbonyl (C=S) groups is 1. The summed E-state index contributed by atoms with van der Waals surface area (Å²) < 4.78 is 9.66. The van der Waals surface area contributed by atoms with Gasteiger partial charge in [-0.05, 0) is 26.1 Å². The molecule has 0 saturated heterocycles. The van der Waals surface area contributed by atoms with Crippen LogP contribution < -0.4 is 5.73 Å². The van der Waals surface area contributed by atoms with E-state index in [1.54, 1.807) is 0 Å². The summed E-state index contributed by atoms with van der Waals surface area (Å²) in [4.78, 5) is 3.64. The quantitative estimate of drug-likeness (QED) is 0.381. The third-order valence-electron chi connectivity index (χ3n) is 0.762. The van der Waals surface area contributed by atoms with Gasteiger partial charge in [0.2, 0.25) is 0 Å². The van der Waals surface area contributed by atoms with Gasteiger partial charge in [-0.2, -0.15) is 4.99 Å². The summed E-state index contributed by atoms with van der Waals surface area (Å²) in [5, 5.41) is 0.110. The van der Waals surface area contributed by atoms with E-state index in [0.29, 0.717) is 13.2 Å². The van der Waals surface area contributed by atoms with Crippen LogP contribution >= 0.6 is 12.2 Å². The fourth-order valence-corrected chi connectivity index (χ4v) is 0.634. The summed E-state index contributed by atoms with van der Waals surface area (Å²) in [6.45, 7) is 4.59. The molecule has 0 amide bonds. The molecule has 5 heteroatoms. The smallest absolute Gasteiger partial charge is 0.290 e. The Morgan fingerprint density at radius 3 is 2.36 bits per heavy atom. The van der Waals surface area contributed by atoms with Crippen LogP contribution in [0.15, 0.2) is 4.99 Å². The van der Waals surface area contributed by atoms with Crippen LogP contribution in [-0.4, -0.2) is 24.4 Å². The van der Waals surface area contributed by atoms with Crippen LogP contribution in [0.1, 0.15) is 13.8 Å². The van der Waals surface area contributed by atoms with E-state index in [1.807, 2.05) is 13.8 Å². The number of rotatable bonds is 2. The number of ether oxygens (including phenoxy) is 2. The molecule has 11 heavy (non-hydrogen) atoms. The molecule has 0 heterocycles. The van der Waals surface area contributed by atoms with Gasteiger partial charge in [-0.25, -0.2) is 0 Å². The Kier molecular flexibility index (Phi) is 5.46. The Morgan fingerprint density at radius 2 is 1.91 bits per heavy atom. The first-order valence-electron chi connectivity index (χ1n) is 3.34. The topological polar surface area (TPSA) is 56.8 Å². The van der Waals surface area contributed by atoms with Gasteiger partial charge in [-0.15, -0.1) is 0 Å². The van der Waals surface area contributed by atoms with Gasteiger partial charge < -0.3 is 15.2 Å². The largest absolute Gasteiger partial charge is 0.470 e. The third kappa shape index (κ3) is 5.60. The number of amidine groups is 1. The first kappa shape index (κ1) is 10.2. The first-order valence-corrected chi connectivity index (χ1v) is 3.75. The Labute approximate surface area is 71.4 Å². The highest BCUT2D eigenvalue weighted by atomic mass is 32.1. The van der Waals surface area contributed by atoms with E-state index in [4.69, 9.17) is 15.2 Å². The van der Waals surface area contributed by atoms with Crippen molar-refractivity contribution in [3.8, 4) is 0 Å². The molecule has 4 nitrogen and oxygen atoms in total. The van der Waals surface area contributed by atoms with Gasteiger partial charge in [-0.3, -0.25) is 0 Å². The first-order chi connectivity index (χ1) is 5.20. The molecule has 0 saturated carbocycles. The van der Waals surface area contributed by atoms with Crippen LogP contribution in [0.3, 0.4) is 0 Å². The second-order valence-corrected chi connectivity index (χ2v) is 1.93. The van der Waals surface area contributed by atoms with Crippen LogP contribution in [0.25, 0.3) is 0 Å². The van der Waals surface area contributed by atoms with Crippen LogP contribution in [0.5, 0.6) is 0 Å². The number of aliphatic imine (C=N–C) groups is 1. The molecular weight excluding hydrogens is 164 g/mol. The molecule has 0 aromatic rings. The van der Waals surface area contributed by atoms with Crippen LogP contribution in [0, 0.1) is 0 Å². The number of hydrogen-bond acceptors (Lipinski definition) is 3. The van der Waals surface area contributed by atoms with Gasteiger partial charge in [0, 0.05) is 0 Å². The van der Waals surface area contributed by atoms with E-state index in [9.17, 15) is 0 Å². The fourth-order valence-electron chi connectivity index (χ4n) is 0.426. The highest BCUT2D eigenvalue weighted by Crippen LogP contribution is 1.85. The summed E-state index contributed by atoms with van der Waals surface area (Å²) in [6.07, 6.45) is 0. The van der Waals surface area contributed by atoms with Gasteiger partial charge >= 0.3 is 0 Å². The predicted octanol–water partition coefficient (Wildman–Crippen LogP) is 0.659. The van der Waals surface area contributed by atoms with Crippen molar-refractivity contribution in [3.05, 3.63) is 0 Å². The van der Waals surface area contributed by atoms with Crippen LogP contribution in [-0.2, 0) is 9.47 Å². The second kappa shape index (κ2) is 5.91. The van der Waals surface area contributed by atoms with Crippen molar-refractivity contribution in [2.75, 3.05) is 13.2 Å².